The SMILES string of the molecule is CCCCCCCCCCCCC(O)CN(CCCSSCCN1CCN(CCOC(=O)CCCN(CC(O)CCCCCCCC)CC(O)CCCCCCCC)CC1)CC(O)CCCCCCCCCCCC. The zero-order valence-corrected chi connectivity index (χ0v) is 51.8. The zero-order valence-electron chi connectivity index (χ0n) is 50.2. The summed E-state index contributed by atoms with van der Waals surface area (Å²) in [5, 5.41) is 44.0. The molecule has 0 bridgehead atoms. The van der Waals surface area contributed by atoms with Crippen LogP contribution in [0.1, 0.15) is 278 Å². The fourth-order valence-electron chi connectivity index (χ4n) is 10.8. The molecule has 0 radical (unpaired) electrons. The summed E-state index contributed by atoms with van der Waals surface area (Å²) in [5.74, 6) is 2.04. The number of hydrogen-bond acceptors (Lipinski definition) is 12. The molecule has 4 unspecified atom stereocenters. The smallest absolute Gasteiger partial charge is 0.305 e. The molecule has 12 heteroatoms. The van der Waals surface area contributed by atoms with Crippen LogP contribution in [-0.4, -0.2) is 167 Å². The molecule has 0 aromatic carbocycles. The van der Waals surface area contributed by atoms with Crippen molar-refractivity contribution >= 4 is 27.6 Å². The minimum atomic E-state index is -0.402. The van der Waals surface area contributed by atoms with Gasteiger partial charge in [-0.25, -0.2) is 0 Å². The number of piperazine rings is 1. The zero-order chi connectivity index (χ0) is 54.5. The number of unbranched alkanes of at least 4 members (excludes halogenated alkanes) is 28. The van der Waals surface area contributed by atoms with Crippen molar-refractivity contribution in [3.63, 3.8) is 0 Å². The summed E-state index contributed by atoms with van der Waals surface area (Å²) in [5.41, 5.74) is 0. The van der Waals surface area contributed by atoms with Gasteiger partial charge in [0, 0.05) is 83.4 Å². The second-order valence-corrected chi connectivity index (χ2v) is 25.9. The lowest BCUT2D eigenvalue weighted by atomic mass is 10.0. The molecule has 1 fully saturated rings. The van der Waals surface area contributed by atoms with Crippen LogP contribution in [-0.2, 0) is 9.53 Å². The summed E-state index contributed by atoms with van der Waals surface area (Å²) in [4.78, 5) is 22.3. The highest BCUT2D eigenvalue weighted by atomic mass is 33.1. The van der Waals surface area contributed by atoms with Gasteiger partial charge in [0.25, 0.3) is 0 Å². The van der Waals surface area contributed by atoms with Gasteiger partial charge in [0.1, 0.15) is 6.61 Å². The number of carbonyl (C=O) groups is 1. The summed E-state index contributed by atoms with van der Waals surface area (Å²) in [6.45, 7) is 19.5. The predicted molar refractivity (Wildman–Crippen MR) is 328 cm³/mol. The van der Waals surface area contributed by atoms with E-state index in [0.717, 1.165) is 115 Å². The number of ether oxygens (including phenoxy) is 1. The van der Waals surface area contributed by atoms with Gasteiger partial charge in [0.2, 0.25) is 0 Å². The van der Waals surface area contributed by atoms with Gasteiger partial charge in [-0.3, -0.25) is 24.4 Å². The number of hydrogen-bond donors (Lipinski definition) is 4. The predicted octanol–water partition coefficient (Wildman–Crippen LogP) is 14.9. The minimum absolute atomic E-state index is 0.148. The number of aliphatic hydroxyl groups is 4. The van der Waals surface area contributed by atoms with Crippen molar-refractivity contribution in [3.8, 4) is 0 Å². The van der Waals surface area contributed by atoms with Crippen LogP contribution in [0.5, 0.6) is 0 Å². The van der Waals surface area contributed by atoms with Gasteiger partial charge in [-0.1, -0.05) is 255 Å². The van der Waals surface area contributed by atoms with E-state index in [-0.39, 0.29) is 18.2 Å². The van der Waals surface area contributed by atoms with Gasteiger partial charge < -0.3 is 25.2 Å². The molecular formula is C63H128N4O6S2. The first-order valence-corrected chi connectivity index (χ1v) is 35.2. The first kappa shape index (κ1) is 72.9. The largest absolute Gasteiger partial charge is 0.464 e. The summed E-state index contributed by atoms with van der Waals surface area (Å²) in [6, 6.07) is 0. The highest BCUT2D eigenvalue weighted by molar-refractivity contribution is 8.76. The van der Waals surface area contributed by atoms with Gasteiger partial charge in [-0.05, 0) is 51.6 Å². The molecule has 1 aliphatic rings. The lowest BCUT2D eigenvalue weighted by Gasteiger charge is -2.34. The molecule has 448 valence electrons. The Morgan fingerprint density at radius 2 is 0.693 bits per heavy atom. The van der Waals surface area contributed by atoms with Crippen LogP contribution < -0.4 is 0 Å². The molecular weight excluding hydrogens is 973 g/mol. The van der Waals surface area contributed by atoms with E-state index in [0.29, 0.717) is 52.2 Å². The molecule has 0 amide bonds. The van der Waals surface area contributed by atoms with Crippen LogP contribution in [0.2, 0.25) is 0 Å². The molecule has 1 rings (SSSR count). The Morgan fingerprint density at radius 1 is 0.400 bits per heavy atom. The van der Waals surface area contributed by atoms with E-state index in [1.54, 1.807) is 0 Å². The minimum Gasteiger partial charge on any atom is -0.464 e. The molecule has 1 saturated heterocycles. The van der Waals surface area contributed by atoms with Crippen LogP contribution in [0.3, 0.4) is 0 Å². The number of aliphatic hydroxyl groups excluding tert-OH is 4. The molecule has 0 aromatic heterocycles. The first-order chi connectivity index (χ1) is 36.7. The van der Waals surface area contributed by atoms with E-state index in [2.05, 4.69) is 47.3 Å². The van der Waals surface area contributed by atoms with Crippen molar-refractivity contribution < 1.29 is 30.0 Å². The second-order valence-electron chi connectivity index (χ2n) is 23.2. The molecule has 75 heavy (non-hydrogen) atoms. The van der Waals surface area contributed by atoms with Crippen molar-refractivity contribution in [2.75, 3.05) is 96.6 Å². The summed E-state index contributed by atoms with van der Waals surface area (Å²) >= 11 is 0. The maximum absolute atomic E-state index is 12.8. The number of carbonyl (C=O) groups excluding carboxylic acids is 1. The second kappa shape index (κ2) is 55.7. The van der Waals surface area contributed by atoms with Crippen molar-refractivity contribution in [1.82, 2.24) is 19.6 Å². The number of esters is 1. The van der Waals surface area contributed by atoms with E-state index in [1.165, 1.54) is 180 Å². The Morgan fingerprint density at radius 3 is 1.04 bits per heavy atom. The van der Waals surface area contributed by atoms with E-state index >= 15 is 0 Å². The lowest BCUT2D eigenvalue weighted by molar-refractivity contribution is -0.144. The van der Waals surface area contributed by atoms with E-state index in [9.17, 15) is 25.2 Å². The molecule has 0 saturated carbocycles. The fraction of sp³-hybridized carbons (Fsp3) is 0.984. The molecule has 0 aromatic rings. The van der Waals surface area contributed by atoms with Crippen LogP contribution in [0, 0.1) is 0 Å². The van der Waals surface area contributed by atoms with Gasteiger partial charge >= 0.3 is 5.97 Å². The van der Waals surface area contributed by atoms with E-state index < -0.39 is 12.2 Å². The quantitative estimate of drug-likeness (QED) is 0.0264. The van der Waals surface area contributed by atoms with E-state index in [1.807, 2.05) is 21.6 Å². The van der Waals surface area contributed by atoms with Gasteiger partial charge in [0.15, 0.2) is 0 Å². The van der Waals surface area contributed by atoms with Crippen molar-refractivity contribution in [2.45, 2.75) is 303 Å². The van der Waals surface area contributed by atoms with Crippen LogP contribution in [0.25, 0.3) is 0 Å². The third-order valence-corrected chi connectivity index (χ3v) is 18.2. The number of nitrogens with zero attached hydrogens (tertiary/aromatic N) is 4. The third-order valence-electron chi connectivity index (χ3n) is 15.7. The molecule has 1 heterocycles. The highest BCUT2D eigenvalue weighted by Crippen LogP contribution is 2.23. The Bertz CT molecular complexity index is 1120. The van der Waals surface area contributed by atoms with Gasteiger partial charge in [0.05, 0.1) is 24.4 Å². The third kappa shape index (κ3) is 49.4. The van der Waals surface area contributed by atoms with Crippen LogP contribution >= 0.6 is 21.6 Å². The van der Waals surface area contributed by atoms with Crippen molar-refractivity contribution in [2.24, 2.45) is 0 Å². The van der Waals surface area contributed by atoms with Crippen molar-refractivity contribution in [3.05, 3.63) is 0 Å². The van der Waals surface area contributed by atoms with E-state index in [4.69, 9.17) is 4.74 Å². The Balaban J connectivity index is 2.36. The summed E-state index contributed by atoms with van der Waals surface area (Å²) in [6.07, 6.45) is 44.7. The highest BCUT2D eigenvalue weighted by Gasteiger charge is 2.20. The summed E-state index contributed by atoms with van der Waals surface area (Å²) < 4.78 is 5.70. The first-order valence-electron chi connectivity index (χ1n) is 32.7. The summed E-state index contributed by atoms with van der Waals surface area (Å²) in [7, 11) is 3.94. The monoisotopic (exact) mass is 1100 g/mol. The van der Waals surface area contributed by atoms with Gasteiger partial charge in [-0.2, -0.15) is 0 Å². The Kier molecular flexibility index (Phi) is 54.2. The fourth-order valence-corrected chi connectivity index (χ4v) is 12.9. The molecule has 0 aliphatic carbocycles. The average molecular weight is 1100 g/mol. The maximum atomic E-state index is 12.8. The molecule has 4 atom stereocenters. The molecule has 0 spiro atoms. The maximum Gasteiger partial charge on any atom is 0.305 e. The molecule has 1 aliphatic heterocycles. The Hall–Kier alpha value is -0.150. The van der Waals surface area contributed by atoms with Crippen LogP contribution in [0.15, 0.2) is 0 Å². The Labute approximate surface area is 473 Å². The standard InChI is InChI=1S/C63H128N4O6S2/c1-5-9-13-17-21-23-25-27-31-35-41-61(70)57-67(58-62(71)42-36-32-28-26-24-22-18-14-10-6-2)45-38-53-74-75-54-51-65-48-46-64(47-49-65)50-52-73-63(72)43-37-44-66(55-59(68)39-33-29-19-15-11-7-3)56-60(69)40-34-30-20-16-12-8-4/h59-62,68-71H,5-58H2,1-4H3. The molecule has 4 N–H and O–H groups in total. The van der Waals surface area contributed by atoms with Gasteiger partial charge in [-0.15, -0.1) is 0 Å². The average Bonchev–Trinajstić information content (AvgIpc) is 3.39. The van der Waals surface area contributed by atoms with Crippen LogP contribution in [0.4, 0.5) is 0 Å². The van der Waals surface area contributed by atoms with Crippen molar-refractivity contribution in [1.29, 1.82) is 0 Å². The lowest BCUT2D eigenvalue weighted by Crippen LogP contribution is -2.47. The number of rotatable bonds is 59. The normalized spacial score (nSPS) is 15.3. The topological polar surface area (TPSA) is 120 Å². The molecule has 10 nitrogen and oxygen atoms in total.